The van der Waals surface area contributed by atoms with Gasteiger partial charge in [-0.2, -0.15) is 0 Å². The Bertz CT molecular complexity index is 970. The Morgan fingerprint density at radius 2 is 1.79 bits per heavy atom. The number of benzene rings is 2. The van der Waals surface area contributed by atoms with Crippen molar-refractivity contribution in [3.8, 4) is 5.75 Å². The first kappa shape index (κ1) is 21.6. The van der Waals surface area contributed by atoms with Gasteiger partial charge in [-0.1, -0.05) is 13.0 Å². The summed E-state index contributed by atoms with van der Waals surface area (Å²) in [6.07, 6.45) is 0.659. The number of rotatable bonds is 9. The van der Waals surface area contributed by atoms with Gasteiger partial charge < -0.3 is 10.1 Å². The van der Waals surface area contributed by atoms with Crippen LogP contribution in [0.5, 0.6) is 5.75 Å². The fourth-order valence-corrected chi connectivity index (χ4v) is 3.63. The first-order valence-corrected chi connectivity index (χ1v) is 10.5. The van der Waals surface area contributed by atoms with Crippen LogP contribution in [0, 0.1) is 0 Å². The summed E-state index contributed by atoms with van der Waals surface area (Å²) in [5.74, 6) is -0.225. The summed E-state index contributed by atoms with van der Waals surface area (Å²) in [6.45, 7) is 5.80. The lowest BCUT2D eigenvalue weighted by atomic mass is 10.1. The molecule has 0 aliphatic heterocycles. The third-order valence-corrected chi connectivity index (χ3v) is 5.34. The fraction of sp³-hybridized carbons (Fsp3) is 0.300. The summed E-state index contributed by atoms with van der Waals surface area (Å²) >= 11 is 0. The number of ether oxygens (including phenoxy) is 1. The smallest absolute Gasteiger partial charge is 0.255 e. The van der Waals surface area contributed by atoms with E-state index in [4.69, 9.17) is 4.74 Å². The number of sulfonamides is 1. The number of Topliss-reactive ketones (excluding diaryl/α,β-unsaturated/α-hetero) is 1. The van der Waals surface area contributed by atoms with E-state index in [2.05, 4.69) is 10.0 Å². The molecule has 8 heteroatoms. The zero-order valence-corrected chi connectivity index (χ0v) is 16.9. The molecule has 0 bridgehead atoms. The van der Waals surface area contributed by atoms with Crippen molar-refractivity contribution < 1.29 is 22.7 Å². The average molecular weight is 404 g/mol. The second kappa shape index (κ2) is 9.48. The molecule has 2 aromatic rings. The minimum Gasteiger partial charge on any atom is -0.492 e. The van der Waals surface area contributed by atoms with Crippen molar-refractivity contribution in [1.82, 2.24) is 4.72 Å². The third-order valence-electron chi connectivity index (χ3n) is 3.88. The van der Waals surface area contributed by atoms with Crippen LogP contribution in [-0.2, 0) is 10.0 Å². The summed E-state index contributed by atoms with van der Waals surface area (Å²) in [5, 5.41) is 2.70. The van der Waals surface area contributed by atoms with Crippen molar-refractivity contribution in [3.63, 3.8) is 0 Å². The molecule has 0 saturated carbocycles. The highest BCUT2D eigenvalue weighted by molar-refractivity contribution is 7.89. The largest absolute Gasteiger partial charge is 0.492 e. The number of nitrogens with one attached hydrogen (secondary N) is 2. The van der Waals surface area contributed by atoms with E-state index in [0.29, 0.717) is 36.6 Å². The molecule has 0 fully saturated rings. The van der Waals surface area contributed by atoms with Crippen molar-refractivity contribution >= 4 is 27.4 Å². The monoisotopic (exact) mass is 404 g/mol. The summed E-state index contributed by atoms with van der Waals surface area (Å²) < 4.78 is 32.5. The van der Waals surface area contributed by atoms with Crippen LogP contribution >= 0.6 is 0 Å². The molecule has 1 amide bonds. The van der Waals surface area contributed by atoms with E-state index in [1.165, 1.54) is 37.3 Å². The van der Waals surface area contributed by atoms with E-state index >= 15 is 0 Å². The normalized spacial score (nSPS) is 11.1. The molecule has 0 atom stereocenters. The molecule has 0 spiro atoms. The van der Waals surface area contributed by atoms with Gasteiger partial charge in [-0.3, -0.25) is 9.59 Å². The standard InChI is InChI=1S/C20H24N2O5S/c1-4-11-21-28(25,26)17-8-6-7-16(12-17)20(24)22-18-13-15(14(3)23)9-10-19(18)27-5-2/h6-10,12-13,21H,4-5,11H2,1-3H3,(H,22,24). The number of anilines is 1. The summed E-state index contributed by atoms with van der Waals surface area (Å²) in [5.41, 5.74) is 0.950. The maximum Gasteiger partial charge on any atom is 0.255 e. The Labute approximate surface area is 165 Å². The Hall–Kier alpha value is -2.71. The first-order valence-electron chi connectivity index (χ1n) is 8.97. The van der Waals surface area contributed by atoms with Gasteiger partial charge >= 0.3 is 0 Å². The van der Waals surface area contributed by atoms with Gasteiger partial charge in [-0.25, -0.2) is 13.1 Å². The second-order valence-electron chi connectivity index (χ2n) is 6.08. The van der Waals surface area contributed by atoms with Crippen molar-refractivity contribution in [3.05, 3.63) is 53.6 Å². The number of ketones is 1. The molecular weight excluding hydrogens is 380 g/mol. The van der Waals surface area contributed by atoms with Crippen molar-refractivity contribution in [1.29, 1.82) is 0 Å². The number of hydrogen-bond donors (Lipinski definition) is 2. The lowest BCUT2D eigenvalue weighted by Crippen LogP contribution is -2.24. The SMILES string of the molecule is CCCNS(=O)(=O)c1cccc(C(=O)Nc2cc(C(C)=O)ccc2OCC)c1. The lowest BCUT2D eigenvalue weighted by Gasteiger charge is -2.13. The van der Waals surface area contributed by atoms with Gasteiger partial charge in [0.2, 0.25) is 10.0 Å². The van der Waals surface area contributed by atoms with Crippen molar-refractivity contribution in [2.45, 2.75) is 32.1 Å². The maximum absolute atomic E-state index is 12.7. The molecule has 7 nitrogen and oxygen atoms in total. The van der Waals surface area contributed by atoms with Gasteiger partial charge in [0.05, 0.1) is 17.2 Å². The van der Waals surface area contributed by atoms with E-state index in [-0.39, 0.29) is 16.2 Å². The zero-order chi connectivity index (χ0) is 20.7. The number of carbonyl (C=O) groups is 2. The van der Waals surface area contributed by atoms with E-state index in [9.17, 15) is 18.0 Å². The summed E-state index contributed by atoms with van der Waals surface area (Å²) in [6, 6.07) is 10.5. The maximum atomic E-state index is 12.7. The molecule has 0 saturated heterocycles. The molecule has 28 heavy (non-hydrogen) atoms. The molecule has 0 aliphatic carbocycles. The quantitative estimate of drug-likeness (QED) is 0.625. The van der Waals surface area contributed by atoms with Gasteiger partial charge in [-0.15, -0.1) is 0 Å². The second-order valence-corrected chi connectivity index (χ2v) is 7.85. The van der Waals surface area contributed by atoms with Crippen LogP contribution in [0.1, 0.15) is 47.9 Å². The van der Waals surface area contributed by atoms with Crippen LogP contribution in [0.2, 0.25) is 0 Å². The first-order chi connectivity index (χ1) is 13.3. The van der Waals surface area contributed by atoms with Crippen LogP contribution in [0.15, 0.2) is 47.4 Å². The predicted octanol–water partition coefficient (Wildman–Crippen LogP) is 3.23. The summed E-state index contributed by atoms with van der Waals surface area (Å²) in [7, 11) is -3.69. The van der Waals surface area contributed by atoms with Crippen molar-refractivity contribution in [2.24, 2.45) is 0 Å². The van der Waals surface area contributed by atoms with Crippen LogP contribution in [0.3, 0.4) is 0 Å². The van der Waals surface area contributed by atoms with Crippen LogP contribution < -0.4 is 14.8 Å². The molecular formula is C20H24N2O5S. The highest BCUT2D eigenvalue weighted by atomic mass is 32.2. The molecule has 2 aromatic carbocycles. The third kappa shape index (κ3) is 5.40. The highest BCUT2D eigenvalue weighted by Gasteiger charge is 2.17. The molecule has 2 N–H and O–H groups in total. The molecule has 0 heterocycles. The Balaban J connectivity index is 2.32. The molecule has 0 aromatic heterocycles. The molecule has 150 valence electrons. The lowest BCUT2D eigenvalue weighted by molar-refractivity contribution is 0.101. The van der Waals surface area contributed by atoms with Crippen molar-refractivity contribution in [2.75, 3.05) is 18.5 Å². The molecule has 0 unspecified atom stereocenters. The van der Waals surface area contributed by atoms with E-state index in [1.54, 1.807) is 12.1 Å². The van der Waals surface area contributed by atoms with Gasteiger partial charge in [0.1, 0.15) is 5.75 Å². The van der Waals surface area contributed by atoms with Gasteiger partial charge in [0.25, 0.3) is 5.91 Å². The van der Waals surface area contributed by atoms with E-state index in [0.717, 1.165) is 0 Å². The molecule has 2 rings (SSSR count). The fourth-order valence-electron chi connectivity index (χ4n) is 2.45. The van der Waals surface area contributed by atoms with Gasteiger partial charge in [-0.05, 0) is 56.7 Å². The molecule has 0 radical (unpaired) electrons. The Morgan fingerprint density at radius 1 is 1.04 bits per heavy atom. The Morgan fingerprint density at radius 3 is 2.43 bits per heavy atom. The van der Waals surface area contributed by atoms with Gasteiger partial charge in [0.15, 0.2) is 5.78 Å². The van der Waals surface area contributed by atoms with Gasteiger partial charge in [0, 0.05) is 17.7 Å². The van der Waals surface area contributed by atoms with Crippen LogP contribution in [-0.4, -0.2) is 33.3 Å². The van der Waals surface area contributed by atoms with E-state index < -0.39 is 15.9 Å². The highest BCUT2D eigenvalue weighted by Crippen LogP contribution is 2.27. The minimum atomic E-state index is -3.69. The number of hydrogen-bond acceptors (Lipinski definition) is 5. The molecule has 0 aliphatic rings. The topological polar surface area (TPSA) is 102 Å². The van der Waals surface area contributed by atoms with Crippen LogP contribution in [0.4, 0.5) is 5.69 Å². The Kier molecular flexibility index (Phi) is 7.31. The van der Waals surface area contributed by atoms with E-state index in [1.807, 2.05) is 13.8 Å². The zero-order valence-electron chi connectivity index (χ0n) is 16.1. The average Bonchev–Trinajstić information content (AvgIpc) is 2.67. The van der Waals surface area contributed by atoms with Crippen LogP contribution in [0.25, 0.3) is 0 Å². The minimum absolute atomic E-state index is 0.0103. The predicted molar refractivity (Wildman–Crippen MR) is 107 cm³/mol. The number of amides is 1. The number of carbonyl (C=O) groups excluding carboxylic acids is 2. The summed E-state index contributed by atoms with van der Waals surface area (Å²) in [4.78, 5) is 24.3.